The molecule has 3 fully saturated rings. The van der Waals surface area contributed by atoms with Crippen LogP contribution < -0.4 is 0 Å². The van der Waals surface area contributed by atoms with Gasteiger partial charge in [0, 0.05) is 25.6 Å². The zero-order valence-electron chi connectivity index (χ0n) is 24.0. The van der Waals surface area contributed by atoms with Crippen molar-refractivity contribution in [2.45, 2.75) is 69.7 Å². The minimum absolute atomic E-state index is 0.305. The van der Waals surface area contributed by atoms with Crippen LogP contribution in [0.2, 0.25) is 0 Å². The number of piperidine rings is 1. The summed E-state index contributed by atoms with van der Waals surface area (Å²) in [5, 5.41) is 13.1. The van der Waals surface area contributed by atoms with E-state index in [1.807, 2.05) is 0 Å². The Hall–Kier alpha value is -2.69. The van der Waals surface area contributed by atoms with Crippen LogP contribution in [0.15, 0.2) is 72.8 Å². The lowest BCUT2D eigenvalue weighted by molar-refractivity contribution is -0.145. The Morgan fingerprint density at radius 3 is 2.33 bits per heavy atom. The van der Waals surface area contributed by atoms with E-state index >= 15 is 0 Å². The van der Waals surface area contributed by atoms with Crippen LogP contribution in [0.5, 0.6) is 0 Å². The molecular weight excluding hydrogens is 492 g/mol. The number of benzene rings is 3. The number of fused-ring (bicyclic) bond motifs is 1. The monoisotopic (exact) mass is 538 g/mol. The first-order valence-corrected chi connectivity index (χ1v) is 15.9. The summed E-state index contributed by atoms with van der Waals surface area (Å²) >= 11 is 0. The molecule has 1 aliphatic carbocycles. The molecule has 6 rings (SSSR count). The van der Waals surface area contributed by atoms with E-state index in [-0.39, 0.29) is 6.04 Å². The molecule has 0 amide bonds. The highest BCUT2D eigenvalue weighted by molar-refractivity contribution is 5.85. The Morgan fingerprint density at radius 2 is 1.55 bits per heavy atom. The van der Waals surface area contributed by atoms with Crippen molar-refractivity contribution in [2.24, 2.45) is 17.8 Å². The summed E-state index contributed by atoms with van der Waals surface area (Å²) in [5.41, 5.74) is 2.87. The van der Waals surface area contributed by atoms with Crippen LogP contribution in [-0.2, 0) is 11.2 Å². The van der Waals surface area contributed by atoms with E-state index in [1.54, 1.807) is 0 Å². The van der Waals surface area contributed by atoms with Gasteiger partial charge < -0.3 is 10.0 Å². The van der Waals surface area contributed by atoms with E-state index in [9.17, 15) is 9.90 Å². The third-order valence-corrected chi connectivity index (χ3v) is 10.3. The van der Waals surface area contributed by atoms with Gasteiger partial charge in [-0.05, 0) is 91.3 Å². The molecule has 2 saturated heterocycles. The summed E-state index contributed by atoms with van der Waals surface area (Å²) in [7, 11) is 0. The molecule has 212 valence electrons. The van der Waals surface area contributed by atoms with Crippen molar-refractivity contribution in [1.29, 1.82) is 0 Å². The van der Waals surface area contributed by atoms with Crippen molar-refractivity contribution in [2.75, 3.05) is 32.7 Å². The fourth-order valence-electron chi connectivity index (χ4n) is 8.16. The highest BCUT2D eigenvalue weighted by Gasteiger charge is 2.43. The second kappa shape index (κ2) is 12.9. The number of hydrogen-bond donors (Lipinski definition) is 1. The Bertz CT molecular complexity index is 1240. The van der Waals surface area contributed by atoms with Crippen LogP contribution >= 0.6 is 0 Å². The highest BCUT2D eigenvalue weighted by Crippen LogP contribution is 2.39. The molecule has 0 aromatic heterocycles. The first-order valence-electron chi connectivity index (χ1n) is 15.9. The molecule has 4 nitrogen and oxygen atoms in total. The van der Waals surface area contributed by atoms with Crippen LogP contribution in [0.4, 0.5) is 0 Å². The van der Waals surface area contributed by atoms with Crippen molar-refractivity contribution in [1.82, 2.24) is 9.80 Å². The molecule has 3 atom stereocenters. The normalized spacial score (nSPS) is 24.4. The van der Waals surface area contributed by atoms with Crippen molar-refractivity contribution in [3.8, 4) is 0 Å². The molecule has 2 heterocycles. The van der Waals surface area contributed by atoms with Crippen LogP contribution in [0, 0.1) is 17.8 Å². The van der Waals surface area contributed by atoms with E-state index in [2.05, 4.69) is 82.6 Å². The van der Waals surface area contributed by atoms with Gasteiger partial charge >= 0.3 is 5.97 Å². The number of rotatable bonds is 9. The molecule has 0 spiro atoms. The van der Waals surface area contributed by atoms with Gasteiger partial charge in [-0.25, -0.2) is 0 Å². The maximum Gasteiger partial charge on any atom is 0.321 e. The molecule has 0 unspecified atom stereocenters. The second-order valence-corrected chi connectivity index (χ2v) is 12.8. The smallest absolute Gasteiger partial charge is 0.321 e. The molecule has 4 heteroatoms. The minimum Gasteiger partial charge on any atom is -0.480 e. The maximum atomic E-state index is 12.5. The van der Waals surface area contributed by atoms with Gasteiger partial charge in [0.2, 0.25) is 0 Å². The number of carboxylic acids is 1. The summed E-state index contributed by atoms with van der Waals surface area (Å²) in [5.74, 6) is 1.39. The standard InChI is InChI=1S/C36H46N2O2/c39-36(40)35(31-13-5-2-6-14-31)38-25-32(34(26-38)29-10-3-1-4-11-29)24-37-22-20-27(21-23-37)18-19-30-16-9-15-28-12-7-8-17-33(28)30/h1,3-4,7-12,15-17,27,31-32,34-35H,2,5-6,13-14,18-26H2,(H,39,40)/t32-,34+,35+/m0/s1. The average molecular weight is 539 g/mol. The fraction of sp³-hybridized carbons (Fsp3) is 0.528. The zero-order valence-corrected chi connectivity index (χ0v) is 24.0. The lowest BCUT2D eigenvalue weighted by Crippen LogP contribution is -2.46. The molecule has 0 bridgehead atoms. The first kappa shape index (κ1) is 27.5. The summed E-state index contributed by atoms with van der Waals surface area (Å²) in [6, 6.07) is 26.1. The van der Waals surface area contributed by atoms with Crippen LogP contribution in [0.25, 0.3) is 10.8 Å². The Labute approximate surface area is 240 Å². The highest BCUT2D eigenvalue weighted by atomic mass is 16.4. The lowest BCUT2D eigenvalue weighted by Gasteiger charge is -2.35. The largest absolute Gasteiger partial charge is 0.480 e. The van der Waals surface area contributed by atoms with Crippen molar-refractivity contribution >= 4 is 16.7 Å². The van der Waals surface area contributed by atoms with E-state index < -0.39 is 5.97 Å². The zero-order chi connectivity index (χ0) is 27.3. The number of carbonyl (C=O) groups is 1. The summed E-state index contributed by atoms with van der Waals surface area (Å²) < 4.78 is 0. The topological polar surface area (TPSA) is 43.8 Å². The SMILES string of the molecule is O=C(O)[C@@H](C1CCCCC1)N1C[C@H](CN2CCC(CCc3cccc4ccccc34)CC2)[C@@H](c2ccccc2)C1. The second-order valence-electron chi connectivity index (χ2n) is 12.8. The van der Waals surface area contributed by atoms with Gasteiger partial charge in [-0.3, -0.25) is 9.69 Å². The Kier molecular flexibility index (Phi) is 8.84. The molecule has 1 N–H and O–H groups in total. The molecule has 3 aromatic rings. The van der Waals surface area contributed by atoms with Gasteiger partial charge in [-0.1, -0.05) is 92.1 Å². The maximum absolute atomic E-state index is 12.5. The van der Waals surface area contributed by atoms with Gasteiger partial charge in [-0.15, -0.1) is 0 Å². The van der Waals surface area contributed by atoms with Gasteiger partial charge in [0.15, 0.2) is 0 Å². The third kappa shape index (κ3) is 6.29. The van der Waals surface area contributed by atoms with E-state index in [0.717, 1.165) is 44.8 Å². The van der Waals surface area contributed by atoms with Gasteiger partial charge in [0.25, 0.3) is 0 Å². The third-order valence-electron chi connectivity index (χ3n) is 10.3. The van der Waals surface area contributed by atoms with E-state index in [0.29, 0.717) is 17.8 Å². The molecule has 0 radical (unpaired) electrons. The number of aryl methyl sites for hydroxylation is 1. The molecule has 3 aliphatic rings. The Balaban J connectivity index is 1.08. The number of likely N-dealkylation sites (tertiary alicyclic amines) is 2. The number of nitrogens with zero attached hydrogens (tertiary/aromatic N) is 2. The van der Waals surface area contributed by atoms with Crippen molar-refractivity contribution in [3.05, 3.63) is 83.9 Å². The number of carboxylic acid groups (broad SMARTS) is 1. The van der Waals surface area contributed by atoms with Crippen LogP contribution in [0.1, 0.15) is 68.4 Å². The van der Waals surface area contributed by atoms with E-state index in [4.69, 9.17) is 0 Å². The summed E-state index contributed by atoms with van der Waals surface area (Å²) in [4.78, 5) is 17.6. The van der Waals surface area contributed by atoms with Gasteiger partial charge in [-0.2, -0.15) is 0 Å². The summed E-state index contributed by atoms with van der Waals surface area (Å²) in [6.07, 6.45) is 10.8. The molecule has 3 aromatic carbocycles. The molecule has 1 saturated carbocycles. The first-order chi connectivity index (χ1) is 19.7. The number of hydrogen-bond acceptors (Lipinski definition) is 3. The quantitative estimate of drug-likeness (QED) is 0.312. The van der Waals surface area contributed by atoms with Crippen LogP contribution in [0.3, 0.4) is 0 Å². The molecule has 2 aliphatic heterocycles. The van der Waals surface area contributed by atoms with E-state index in [1.165, 1.54) is 73.5 Å². The number of aliphatic carboxylic acids is 1. The van der Waals surface area contributed by atoms with Crippen LogP contribution in [-0.4, -0.2) is 59.6 Å². The fourth-order valence-corrected chi connectivity index (χ4v) is 8.16. The predicted octanol–water partition coefficient (Wildman–Crippen LogP) is 7.23. The van der Waals surface area contributed by atoms with Gasteiger partial charge in [0.05, 0.1) is 0 Å². The molecule has 40 heavy (non-hydrogen) atoms. The van der Waals surface area contributed by atoms with Crippen molar-refractivity contribution < 1.29 is 9.90 Å². The Morgan fingerprint density at radius 1 is 0.825 bits per heavy atom. The predicted molar refractivity (Wildman–Crippen MR) is 164 cm³/mol. The minimum atomic E-state index is -0.605. The average Bonchev–Trinajstić information content (AvgIpc) is 3.40. The van der Waals surface area contributed by atoms with Gasteiger partial charge in [0.1, 0.15) is 6.04 Å². The van der Waals surface area contributed by atoms with Crippen molar-refractivity contribution in [3.63, 3.8) is 0 Å². The lowest BCUT2D eigenvalue weighted by atomic mass is 9.83. The molecular formula is C36H46N2O2. The summed E-state index contributed by atoms with van der Waals surface area (Å²) in [6.45, 7) is 5.22.